The van der Waals surface area contributed by atoms with Gasteiger partial charge in [0.05, 0.1) is 82.4 Å². The number of fused-ring (bicyclic) bond motifs is 5. The predicted molar refractivity (Wildman–Crippen MR) is 500 cm³/mol. The summed E-state index contributed by atoms with van der Waals surface area (Å²) in [6.07, 6.45) is 8.39. The van der Waals surface area contributed by atoms with Crippen LogP contribution in [0.2, 0.25) is 0 Å². The minimum Gasteiger partial charge on any atom is -0.394 e. The molecule has 0 aliphatic carbocycles. The molecule has 128 heavy (non-hydrogen) atoms. The number of aromatic nitrogens is 12. The number of amides is 5. The van der Waals surface area contributed by atoms with Crippen molar-refractivity contribution in [3.05, 3.63) is 223 Å². The fraction of sp³-hybridized carbons (Fsp3) is 0.454. The fourth-order valence-corrected chi connectivity index (χ4v) is 17.7. The summed E-state index contributed by atoms with van der Waals surface area (Å²) < 4.78 is 11.8. The maximum absolute atomic E-state index is 12.0. The van der Waals surface area contributed by atoms with Crippen molar-refractivity contribution >= 4 is 87.1 Å². The van der Waals surface area contributed by atoms with Gasteiger partial charge >= 0.3 is 0 Å². The Morgan fingerprint density at radius 3 is 0.930 bits per heavy atom. The highest BCUT2D eigenvalue weighted by Gasteiger charge is 2.35. The molecule has 8 N–H and O–H groups in total. The highest BCUT2D eigenvalue weighted by Crippen LogP contribution is 2.38. The Labute approximate surface area is 751 Å². The standard InChI is InChI=1S/C22H31N5O.C21H26N6O.3C18H24N4O2/c1-16-6-4-8-19(12-16)23-22-20-15-26(17(2)28)11-9-21(20)27(24-22)14-18-7-5-10-25(3)13-18;1-14-6-5-7-17(12-14)22-21-18-13-26(16(3)28)11-9-20(18)27(24-21)15(2)19-8-10-25(4)23-19;3*1-12-5-4-6-15(9-12)19-18-16-10-21(14(3)24)8-7-17(16)22(20-18)13(2)11-23/h4,6,8,12,18H,5,7,9-11,13-15H2,1-3H3,(H,23,24);5-8,10,12,15H,9,11,13H2,1-4H3,(H,22,24);3*4-6,9,13,23H,7-8,10-11H2,1-3H3,(H,19,20)/t;;2*13-;/m..10./s1. The molecule has 3 unspecified atom stereocenters. The number of carbonyl (C=O) groups excluding carboxylic acids is 5. The summed E-state index contributed by atoms with van der Waals surface area (Å²) in [5, 5.41) is 74.2. The molecule has 6 aromatic heterocycles. The van der Waals surface area contributed by atoms with Gasteiger partial charge in [0.1, 0.15) is 0 Å². The van der Waals surface area contributed by atoms with E-state index in [1.165, 1.54) is 64.2 Å². The minimum absolute atomic E-state index is 0.0203. The molecule has 1 saturated heterocycles. The molecule has 12 heterocycles. The van der Waals surface area contributed by atoms with Crippen LogP contribution in [0, 0.1) is 40.5 Å². The van der Waals surface area contributed by atoms with Crippen molar-refractivity contribution in [3.63, 3.8) is 0 Å². The van der Waals surface area contributed by atoms with Crippen LogP contribution in [0.4, 0.5) is 57.5 Å². The van der Waals surface area contributed by atoms with Gasteiger partial charge in [0.2, 0.25) is 29.5 Å². The van der Waals surface area contributed by atoms with Crippen molar-refractivity contribution in [1.29, 1.82) is 0 Å². The lowest BCUT2D eigenvalue weighted by atomic mass is 9.98. The maximum atomic E-state index is 12.0. The normalized spacial score (nSPS) is 16.1. The zero-order valence-corrected chi connectivity index (χ0v) is 77.3. The topological polar surface area (TPSA) is 333 Å². The van der Waals surface area contributed by atoms with Crippen molar-refractivity contribution in [1.82, 2.24) is 88.1 Å². The van der Waals surface area contributed by atoms with Crippen LogP contribution in [-0.4, -0.2) is 206 Å². The maximum Gasteiger partial charge on any atom is 0.219 e. The van der Waals surface area contributed by atoms with E-state index >= 15 is 0 Å². The Morgan fingerprint density at radius 2 is 0.656 bits per heavy atom. The van der Waals surface area contributed by atoms with E-state index in [2.05, 4.69) is 144 Å². The Morgan fingerprint density at radius 1 is 0.375 bits per heavy atom. The third kappa shape index (κ3) is 22.7. The number of carbonyl (C=O) groups is 5. The lowest BCUT2D eigenvalue weighted by Gasteiger charge is -2.31. The average Bonchev–Trinajstić information content (AvgIpc) is 1.87. The second-order valence-corrected chi connectivity index (χ2v) is 35.2. The second-order valence-electron chi connectivity index (χ2n) is 35.2. The molecule has 0 spiro atoms. The molecule has 6 aliphatic heterocycles. The van der Waals surface area contributed by atoms with Gasteiger partial charge < -0.3 is 71.3 Å². The molecule has 0 bridgehead atoms. The van der Waals surface area contributed by atoms with Gasteiger partial charge in [0.25, 0.3) is 0 Å². The van der Waals surface area contributed by atoms with Gasteiger partial charge in [-0.05, 0) is 189 Å². The first-order valence-electron chi connectivity index (χ1n) is 44.9. The number of aliphatic hydroxyl groups is 3. The highest BCUT2D eigenvalue weighted by atomic mass is 16.3. The number of aryl methyl sites for hydroxylation is 6. The van der Waals surface area contributed by atoms with Crippen LogP contribution in [0.3, 0.4) is 0 Å². The van der Waals surface area contributed by atoms with Crippen LogP contribution in [0.15, 0.2) is 134 Å². The number of rotatable bonds is 20. The molecule has 680 valence electrons. The van der Waals surface area contributed by atoms with Gasteiger partial charge in [-0.2, -0.15) is 30.6 Å². The number of nitrogens with zero attached hydrogens (tertiary/aromatic N) is 18. The summed E-state index contributed by atoms with van der Waals surface area (Å²) in [7, 11) is 4.13. The molecule has 31 heteroatoms. The van der Waals surface area contributed by atoms with Crippen molar-refractivity contribution < 1.29 is 39.3 Å². The summed E-state index contributed by atoms with van der Waals surface area (Å²) >= 11 is 0. The quantitative estimate of drug-likeness (QED) is 0.0351. The van der Waals surface area contributed by atoms with E-state index in [0.29, 0.717) is 64.8 Å². The lowest BCUT2D eigenvalue weighted by Crippen LogP contribution is -2.36. The Kier molecular flexibility index (Phi) is 30.6. The first kappa shape index (κ1) is 93.2. The van der Waals surface area contributed by atoms with E-state index in [0.717, 1.165) is 154 Å². The zero-order valence-electron chi connectivity index (χ0n) is 77.3. The lowest BCUT2D eigenvalue weighted by molar-refractivity contribution is -0.130. The van der Waals surface area contributed by atoms with Crippen molar-refractivity contribution in [2.75, 3.05) is 99.3 Å². The summed E-state index contributed by atoms with van der Waals surface area (Å²) in [5.41, 5.74) is 23.0. The number of benzene rings is 5. The smallest absolute Gasteiger partial charge is 0.219 e. The molecular weight excluding hydrogens is 1620 g/mol. The molecule has 0 saturated carbocycles. The molecule has 5 aromatic carbocycles. The minimum atomic E-state index is -0.0873. The molecule has 1 fully saturated rings. The largest absolute Gasteiger partial charge is 0.394 e. The molecule has 31 nitrogen and oxygen atoms in total. The van der Waals surface area contributed by atoms with Crippen LogP contribution >= 0.6 is 0 Å². The Balaban J connectivity index is 0.000000137. The van der Waals surface area contributed by atoms with Gasteiger partial charge in [-0.25, -0.2) is 0 Å². The Hall–Kier alpha value is -12.5. The van der Waals surface area contributed by atoms with E-state index in [1.807, 2.05) is 171 Å². The van der Waals surface area contributed by atoms with Crippen LogP contribution < -0.4 is 26.6 Å². The molecule has 17 rings (SSSR count). The highest BCUT2D eigenvalue weighted by molar-refractivity contribution is 5.78. The van der Waals surface area contributed by atoms with Crippen LogP contribution in [0.1, 0.15) is 189 Å². The number of hydrogen-bond donors (Lipinski definition) is 8. The summed E-state index contributed by atoms with van der Waals surface area (Å²) in [6, 6.07) is 42.7. The van der Waals surface area contributed by atoms with Crippen molar-refractivity contribution in [2.24, 2.45) is 13.0 Å². The van der Waals surface area contributed by atoms with Gasteiger partial charge in [-0.3, -0.25) is 52.1 Å². The van der Waals surface area contributed by atoms with Gasteiger partial charge in [-0.15, -0.1) is 0 Å². The molecular formula is C97H129N23O8. The Bertz CT molecular complexity index is 5430. The third-order valence-corrected chi connectivity index (χ3v) is 24.8. The first-order valence-corrected chi connectivity index (χ1v) is 44.9. The number of hydrogen-bond acceptors (Lipinski definition) is 20. The van der Waals surface area contributed by atoms with Crippen molar-refractivity contribution in [3.8, 4) is 0 Å². The molecule has 6 aliphatic rings. The van der Waals surface area contributed by atoms with E-state index < -0.39 is 0 Å². The monoisotopic (exact) mass is 1740 g/mol. The van der Waals surface area contributed by atoms with Crippen molar-refractivity contribution in [2.45, 2.75) is 205 Å². The van der Waals surface area contributed by atoms with Gasteiger partial charge in [0, 0.05) is 211 Å². The molecule has 11 aromatic rings. The summed E-state index contributed by atoms with van der Waals surface area (Å²) in [6.45, 7) is 36.2. The number of piperidine rings is 1. The molecule has 5 amide bonds. The molecule has 5 atom stereocenters. The number of likely N-dealkylation sites (tertiary alicyclic amines) is 1. The van der Waals surface area contributed by atoms with Gasteiger partial charge in [-0.1, -0.05) is 60.7 Å². The number of aliphatic hydroxyl groups excluding tert-OH is 3. The van der Waals surface area contributed by atoms with E-state index in [1.54, 1.807) is 34.6 Å². The zero-order chi connectivity index (χ0) is 91.3. The number of anilines is 10. The van der Waals surface area contributed by atoms with Crippen LogP contribution in [0.5, 0.6) is 0 Å². The SMILES string of the molecule is CC(=O)N1CCc2c(c(Nc3cccc(C)c3)nn2C(C)CO)C1.CC(=O)N1CCc2c(c(Nc3cccc(C)c3)nn2C(C)c2ccn(C)n2)C1.CC(=O)N1CCc2c(c(Nc3cccc(C)c3)nn2CC2CCCN(C)C2)C1.CC(=O)N1CCc2c(c(Nc3cccc(C)c3)nn2[C@@H](C)CO)C1.CC(=O)N1CCc2c(c(Nc3cccc(C)c3)nn2[C@H](C)CO)C1. The first-order chi connectivity index (χ1) is 61.4. The van der Waals surface area contributed by atoms with E-state index in [-0.39, 0.29) is 73.5 Å². The predicted octanol–water partition coefficient (Wildman–Crippen LogP) is 13.5. The third-order valence-electron chi connectivity index (χ3n) is 24.8. The second kappa shape index (κ2) is 42.0. The van der Waals surface area contributed by atoms with Gasteiger partial charge in [0.15, 0.2) is 29.1 Å². The average molecular weight is 1750 g/mol. The van der Waals surface area contributed by atoms with E-state index in [9.17, 15) is 39.3 Å². The summed E-state index contributed by atoms with van der Waals surface area (Å²) in [4.78, 5) is 70.9. The summed E-state index contributed by atoms with van der Waals surface area (Å²) in [5.74, 6) is 5.10. The van der Waals surface area contributed by atoms with Crippen LogP contribution in [0.25, 0.3) is 0 Å². The van der Waals surface area contributed by atoms with E-state index in [4.69, 9.17) is 10.2 Å². The van der Waals surface area contributed by atoms with Crippen LogP contribution in [-0.2, 0) is 102 Å². The fourth-order valence-electron chi connectivity index (χ4n) is 17.7. The number of nitrogens with one attached hydrogen (secondary N) is 5. The molecule has 0 radical (unpaired) electrons.